The zero-order chi connectivity index (χ0) is 14.6. The lowest BCUT2D eigenvalue weighted by Gasteiger charge is -2.24. The van der Waals surface area contributed by atoms with Crippen molar-refractivity contribution in [1.82, 2.24) is 0 Å². The lowest BCUT2D eigenvalue weighted by molar-refractivity contribution is -0.186. The Morgan fingerprint density at radius 1 is 0.773 bits per heavy atom. The number of rotatable bonds is 2. The third-order valence-corrected chi connectivity index (χ3v) is 5.54. The molecule has 2 aromatic rings. The number of ether oxygens (including phenoxy) is 2. The summed E-state index contributed by atoms with van der Waals surface area (Å²) in [5.74, 6) is 1.13. The average molecular weight is 292 g/mol. The molecule has 3 fully saturated rings. The van der Waals surface area contributed by atoms with Gasteiger partial charge in [0.15, 0.2) is 5.79 Å². The minimum absolute atomic E-state index is 0.00273. The van der Waals surface area contributed by atoms with Gasteiger partial charge in [0, 0.05) is 12.3 Å². The summed E-state index contributed by atoms with van der Waals surface area (Å²) < 4.78 is 13.2. The van der Waals surface area contributed by atoms with Gasteiger partial charge in [-0.05, 0) is 29.9 Å². The fourth-order valence-electron chi connectivity index (χ4n) is 4.32. The van der Waals surface area contributed by atoms with Crippen molar-refractivity contribution < 1.29 is 9.47 Å². The smallest absolute Gasteiger partial charge is 0.173 e. The van der Waals surface area contributed by atoms with Crippen LogP contribution in [0.4, 0.5) is 0 Å². The molecular formula is C20H20O2. The molecule has 0 bridgehead atoms. The summed E-state index contributed by atoms with van der Waals surface area (Å²) in [4.78, 5) is 0. The van der Waals surface area contributed by atoms with Gasteiger partial charge in [-0.25, -0.2) is 0 Å². The van der Waals surface area contributed by atoms with E-state index < -0.39 is 0 Å². The second-order valence-electron chi connectivity index (χ2n) is 6.85. The molecule has 22 heavy (non-hydrogen) atoms. The van der Waals surface area contributed by atoms with Gasteiger partial charge in [-0.2, -0.15) is 0 Å². The number of hydrogen-bond acceptors (Lipinski definition) is 2. The van der Waals surface area contributed by atoms with Crippen LogP contribution in [0.1, 0.15) is 42.6 Å². The van der Waals surface area contributed by atoms with E-state index in [1.54, 1.807) is 0 Å². The van der Waals surface area contributed by atoms with Crippen molar-refractivity contribution in [2.24, 2.45) is 11.8 Å². The van der Waals surface area contributed by atoms with Gasteiger partial charge in [-0.1, -0.05) is 60.7 Å². The number of hydrogen-bond donors (Lipinski definition) is 0. The predicted molar refractivity (Wildman–Crippen MR) is 84.1 cm³/mol. The molecule has 2 aromatic carbocycles. The van der Waals surface area contributed by atoms with Gasteiger partial charge < -0.3 is 9.47 Å². The molecule has 0 aromatic heterocycles. The van der Waals surface area contributed by atoms with Crippen LogP contribution >= 0.6 is 0 Å². The Kier molecular flexibility index (Phi) is 2.73. The Morgan fingerprint density at radius 2 is 1.32 bits per heavy atom. The number of benzene rings is 2. The van der Waals surface area contributed by atoms with E-state index >= 15 is 0 Å². The second-order valence-corrected chi connectivity index (χ2v) is 6.85. The normalized spacial score (nSPS) is 34.7. The van der Waals surface area contributed by atoms with Gasteiger partial charge in [0.25, 0.3) is 0 Å². The molecule has 0 N–H and O–H groups in total. The van der Waals surface area contributed by atoms with E-state index in [2.05, 4.69) is 60.7 Å². The van der Waals surface area contributed by atoms with E-state index in [0.29, 0.717) is 5.92 Å². The maximum absolute atomic E-state index is 6.59. The van der Waals surface area contributed by atoms with Gasteiger partial charge in [0.05, 0.1) is 0 Å². The molecule has 2 nitrogen and oxygen atoms in total. The van der Waals surface area contributed by atoms with Gasteiger partial charge in [0.2, 0.25) is 0 Å². The Hall–Kier alpha value is -1.64. The Bertz CT molecular complexity index is 619. The van der Waals surface area contributed by atoms with E-state index in [9.17, 15) is 0 Å². The Morgan fingerprint density at radius 3 is 1.73 bits per heavy atom. The summed E-state index contributed by atoms with van der Waals surface area (Å²) in [6.07, 6.45) is 3.59. The van der Waals surface area contributed by atoms with Crippen molar-refractivity contribution in [3.8, 4) is 0 Å². The molecule has 5 rings (SSSR count). The van der Waals surface area contributed by atoms with Crippen LogP contribution in [0, 0.1) is 11.8 Å². The van der Waals surface area contributed by atoms with E-state index in [-0.39, 0.29) is 18.0 Å². The zero-order valence-corrected chi connectivity index (χ0v) is 12.5. The predicted octanol–water partition coefficient (Wildman–Crippen LogP) is 4.64. The van der Waals surface area contributed by atoms with Gasteiger partial charge in [-0.15, -0.1) is 0 Å². The zero-order valence-electron chi connectivity index (χ0n) is 12.5. The molecule has 2 saturated carbocycles. The molecule has 4 atom stereocenters. The Balaban J connectivity index is 1.55. The van der Waals surface area contributed by atoms with Gasteiger partial charge in [0.1, 0.15) is 12.2 Å². The molecule has 1 saturated heterocycles. The largest absolute Gasteiger partial charge is 0.339 e. The van der Waals surface area contributed by atoms with E-state index in [4.69, 9.17) is 9.47 Å². The van der Waals surface area contributed by atoms with Gasteiger partial charge >= 0.3 is 0 Å². The fraction of sp³-hybridized carbons (Fsp3) is 0.400. The van der Waals surface area contributed by atoms with Crippen molar-refractivity contribution in [1.29, 1.82) is 0 Å². The minimum atomic E-state index is -0.328. The minimum Gasteiger partial charge on any atom is -0.339 e. The monoisotopic (exact) mass is 292 g/mol. The first-order chi connectivity index (χ1) is 10.9. The van der Waals surface area contributed by atoms with E-state index in [1.807, 2.05) is 0 Å². The summed E-state index contributed by atoms with van der Waals surface area (Å²) >= 11 is 0. The van der Waals surface area contributed by atoms with Gasteiger partial charge in [-0.3, -0.25) is 0 Å². The molecule has 2 heteroatoms. The highest BCUT2D eigenvalue weighted by molar-refractivity contribution is 5.27. The standard InChI is InChI=1S/C20H20O2/c1-3-7-14(8-4-1)18-19(15-9-5-2-6-10-15)22-20(21-18)12-11-16-13-17(16)20/h1-10,16-19H,11-13H2/t16-,17+,18-,19-/m0/s1. The fourth-order valence-corrected chi connectivity index (χ4v) is 4.32. The maximum Gasteiger partial charge on any atom is 0.173 e. The summed E-state index contributed by atoms with van der Waals surface area (Å²) in [6.45, 7) is 0. The second kappa shape index (κ2) is 4.68. The van der Waals surface area contributed by atoms with Crippen molar-refractivity contribution in [2.75, 3.05) is 0 Å². The third kappa shape index (κ3) is 1.87. The van der Waals surface area contributed by atoms with Crippen molar-refractivity contribution in [2.45, 2.75) is 37.3 Å². The van der Waals surface area contributed by atoms with E-state index in [0.717, 1.165) is 12.3 Å². The lowest BCUT2D eigenvalue weighted by atomic mass is 9.99. The van der Waals surface area contributed by atoms with Crippen LogP contribution in [0.3, 0.4) is 0 Å². The van der Waals surface area contributed by atoms with Crippen LogP contribution in [0.15, 0.2) is 60.7 Å². The topological polar surface area (TPSA) is 18.5 Å². The maximum atomic E-state index is 6.59. The summed E-state index contributed by atoms with van der Waals surface area (Å²) in [7, 11) is 0. The molecule has 0 radical (unpaired) electrons. The van der Waals surface area contributed by atoms with Crippen LogP contribution in [0.5, 0.6) is 0 Å². The first kappa shape index (κ1) is 12.9. The first-order valence-electron chi connectivity index (χ1n) is 8.31. The van der Waals surface area contributed by atoms with Crippen LogP contribution in [-0.2, 0) is 9.47 Å². The molecule has 1 aliphatic heterocycles. The average Bonchev–Trinajstić information content (AvgIpc) is 3.18. The highest BCUT2D eigenvalue weighted by atomic mass is 16.8. The van der Waals surface area contributed by atoms with Crippen LogP contribution < -0.4 is 0 Å². The molecule has 1 heterocycles. The molecule has 0 unspecified atom stereocenters. The lowest BCUT2D eigenvalue weighted by Crippen LogP contribution is -2.30. The quantitative estimate of drug-likeness (QED) is 0.802. The molecule has 2 aliphatic carbocycles. The third-order valence-electron chi connectivity index (χ3n) is 5.54. The van der Waals surface area contributed by atoms with Crippen LogP contribution in [0.2, 0.25) is 0 Å². The summed E-state index contributed by atoms with van der Waals surface area (Å²) in [5, 5.41) is 0. The van der Waals surface area contributed by atoms with Crippen LogP contribution in [0.25, 0.3) is 0 Å². The molecule has 0 amide bonds. The summed E-state index contributed by atoms with van der Waals surface area (Å²) in [6, 6.07) is 21.1. The Labute approximate surface area is 131 Å². The van der Waals surface area contributed by atoms with Crippen molar-refractivity contribution in [3.05, 3.63) is 71.8 Å². The van der Waals surface area contributed by atoms with Crippen LogP contribution in [-0.4, -0.2) is 5.79 Å². The van der Waals surface area contributed by atoms with Crippen molar-refractivity contribution in [3.63, 3.8) is 0 Å². The molecule has 112 valence electrons. The van der Waals surface area contributed by atoms with Crippen molar-refractivity contribution >= 4 is 0 Å². The van der Waals surface area contributed by atoms with E-state index in [1.165, 1.54) is 24.0 Å². The molecule has 1 spiro atoms. The highest BCUT2D eigenvalue weighted by Gasteiger charge is 2.65. The molecular weight excluding hydrogens is 272 g/mol. The molecule has 3 aliphatic rings. The highest BCUT2D eigenvalue weighted by Crippen LogP contribution is 2.65. The first-order valence-corrected chi connectivity index (χ1v) is 8.31. The summed E-state index contributed by atoms with van der Waals surface area (Å²) in [5.41, 5.74) is 2.44. The SMILES string of the molecule is c1ccc([C@@H]2OC3(CC[C@H]4C[C@H]43)O[C@H]2c2ccccc2)cc1. The number of fused-ring (bicyclic) bond motifs is 2.